The third kappa shape index (κ3) is 6.52. The molecule has 188 valence electrons. The van der Waals surface area contributed by atoms with Gasteiger partial charge < -0.3 is 14.6 Å². The van der Waals surface area contributed by atoms with Crippen molar-refractivity contribution in [2.45, 2.75) is 13.5 Å². The molecular weight excluding hydrogens is 578 g/mol. The third-order valence-electron chi connectivity index (χ3n) is 5.17. The lowest BCUT2D eigenvalue weighted by Gasteiger charge is -2.11. The number of aliphatic hydroxyl groups excluding tert-OH is 1. The second kappa shape index (κ2) is 12.3. The fourth-order valence-electron chi connectivity index (χ4n) is 3.42. The summed E-state index contributed by atoms with van der Waals surface area (Å²) in [5.41, 5.74) is 1.65. The number of carbonyl (C=O) groups is 2. The van der Waals surface area contributed by atoms with Crippen molar-refractivity contribution < 1.29 is 24.2 Å². The van der Waals surface area contributed by atoms with Crippen LogP contribution in [-0.4, -0.2) is 28.6 Å². The molecule has 0 radical (unpaired) electrons. The van der Waals surface area contributed by atoms with Gasteiger partial charge in [-0.1, -0.05) is 81.8 Å². The number of carbonyl (C=O) groups excluding carboxylic acids is 2. The van der Waals surface area contributed by atoms with Gasteiger partial charge in [0.25, 0.3) is 5.91 Å². The van der Waals surface area contributed by atoms with Crippen LogP contribution in [0.15, 0.2) is 98.5 Å². The average Bonchev–Trinajstić information content (AvgIpc) is 3.18. The number of benzene rings is 3. The number of rotatable bonds is 7. The number of hydrogen-bond acceptors (Lipinski definition) is 6. The van der Waals surface area contributed by atoms with Crippen LogP contribution in [-0.2, 0) is 16.1 Å². The van der Waals surface area contributed by atoms with E-state index in [1.54, 1.807) is 31.2 Å². The normalized spacial score (nSPS) is 15.3. The summed E-state index contributed by atoms with van der Waals surface area (Å²) in [6, 6.07) is 21.7. The quantitative estimate of drug-likeness (QED) is 0.286. The lowest BCUT2D eigenvalue weighted by molar-refractivity contribution is -0.138. The molecule has 37 heavy (non-hydrogen) atoms. The lowest BCUT2D eigenvalue weighted by Crippen LogP contribution is -2.14. The van der Waals surface area contributed by atoms with Crippen molar-refractivity contribution in [1.82, 2.24) is 0 Å². The Morgan fingerprint density at radius 2 is 1.81 bits per heavy atom. The summed E-state index contributed by atoms with van der Waals surface area (Å²) >= 11 is 10.6. The molecule has 0 spiro atoms. The minimum absolute atomic E-state index is 0.0221. The van der Waals surface area contributed by atoms with Crippen molar-refractivity contribution in [1.29, 1.82) is 0 Å². The molecule has 0 fully saturated rings. The number of aliphatic imine (C=N–C) groups is 1. The van der Waals surface area contributed by atoms with Crippen LogP contribution >= 0.6 is 39.3 Å². The monoisotopic (exact) mass is 597 g/mol. The summed E-state index contributed by atoms with van der Waals surface area (Å²) in [5.74, 6) is -1.18. The number of aliphatic hydroxyl groups is 1. The fourth-order valence-corrected chi connectivity index (χ4v) is 5.02. The van der Waals surface area contributed by atoms with Crippen LogP contribution in [0.3, 0.4) is 0 Å². The molecule has 6 nitrogen and oxygen atoms in total. The van der Waals surface area contributed by atoms with Crippen molar-refractivity contribution >= 4 is 62.3 Å². The van der Waals surface area contributed by atoms with E-state index in [1.807, 2.05) is 48.5 Å². The molecule has 1 amide bonds. The van der Waals surface area contributed by atoms with E-state index < -0.39 is 11.9 Å². The zero-order valence-electron chi connectivity index (χ0n) is 19.6. The Morgan fingerprint density at radius 1 is 1.08 bits per heavy atom. The Kier molecular flexibility index (Phi) is 8.87. The molecule has 3 aromatic rings. The summed E-state index contributed by atoms with van der Waals surface area (Å²) in [5, 5.41) is 11.3. The van der Waals surface area contributed by atoms with Gasteiger partial charge in [0.05, 0.1) is 22.1 Å². The second-order valence-electron chi connectivity index (χ2n) is 7.71. The Bertz CT molecular complexity index is 1440. The first-order valence-electron chi connectivity index (χ1n) is 11.2. The molecule has 0 atom stereocenters. The highest BCUT2D eigenvalue weighted by molar-refractivity contribution is 9.10. The number of ether oxygens (including phenoxy) is 2. The topological polar surface area (TPSA) is 85.2 Å². The lowest BCUT2D eigenvalue weighted by atomic mass is 10.1. The summed E-state index contributed by atoms with van der Waals surface area (Å²) in [6.45, 7) is 2.09. The van der Waals surface area contributed by atoms with E-state index in [4.69, 9.17) is 21.1 Å². The van der Waals surface area contributed by atoms with E-state index in [9.17, 15) is 14.7 Å². The first kappa shape index (κ1) is 26.7. The smallest absolute Gasteiger partial charge is 0.344 e. The Labute approximate surface area is 231 Å². The van der Waals surface area contributed by atoms with Crippen LogP contribution in [0.2, 0.25) is 5.02 Å². The van der Waals surface area contributed by atoms with Crippen LogP contribution in [0.4, 0.5) is 0 Å². The minimum Gasteiger partial charge on any atom is -0.506 e. The maximum Gasteiger partial charge on any atom is 0.344 e. The highest BCUT2D eigenvalue weighted by atomic mass is 79.9. The van der Waals surface area contributed by atoms with Crippen molar-refractivity contribution in [3.8, 4) is 5.75 Å². The van der Waals surface area contributed by atoms with Gasteiger partial charge in [-0.05, 0) is 48.9 Å². The van der Waals surface area contributed by atoms with E-state index >= 15 is 0 Å². The highest BCUT2D eigenvalue weighted by Crippen LogP contribution is 2.41. The van der Waals surface area contributed by atoms with Crippen LogP contribution in [0.25, 0.3) is 6.08 Å². The van der Waals surface area contributed by atoms with Gasteiger partial charge in [-0.15, -0.1) is 0 Å². The van der Waals surface area contributed by atoms with Gasteiger partial charge >= 0.3 is 5.97 Å². The summed E-state index contributed by atoms with van der Waals surface area (Å²) in [4.78, 5) is 30.0. The SMILES string of the molecule is CCOC(=O)C1=C(O)/C(=C/c2cc(Br)ccc2OCc2ccccc2)SC1=NC(=O)c1ccccc1Cl. The molecule has 3 aromatic carbocycles. The van der Waals surface area contributed by atoms with Crippen LogP contribution in [0.5, 0.6) is 5.75 Å². The molecule has 0 unspecified atom stereocenters. The number of thioether (sulfide) groups is 1. The highest BCUT2D eigenvalue weighted by Gasteiger charge is 2.34. The van der Waals surface area contributed by atoms with E-state index in [-0.39, 0.29) is 33.6 Å². The predicted molar refractivity (Wildman–Crippen MR) is 150 cm³/mol. The maximum absolute atomic E-state index is 12.9. The summed E-state index contributed by atoms with van der Waals surface area (Å²) in [6.07, 6.45) is 1.67. The predicted octanol–water partition coefficient (Wildman–Crippen LogP) is 7.38. The van der Waals surface area contributed by atoms with Crippen LogP contribution < -0.4 is 4.74 Å². The van der Waals surface area contributed by atoms with Gasteiger partial charge in [-0.2, -0.15) is 0 Å². The first-order valence-corrected chi connectivity index (χ1v) is 13.2. The molecular formula is C28H21BrClNO5S. The van der Waals surface area contributed by atoms with E-state index in [1.165, 1.54) is 6.07 Å². The first-order chi connectivity index (χ1) is 17.9. The zero-order valence-corrected chi connectivity index (χ0v) is 22.8. The molecule has 0 aliphatic carbocycles. The molecule has 9 heteroatoms. The van der Waals surface area contributed by atoms with Crippen molar-refractivity contribution in [2.75, 3.05) is 6.61 Å². The number of nitrogens with zero attached hydrogens (tertiary/aromatic N) is 1. The largest absolute Gasteiger partial charge is 0.506 e. The Balaban J connectivity index is 1.70. The van der Waals surface area contributed by atoms with E-state index in [0.717, 1.165) is 21.8 Å². The van der Waals surface area contributed by atoms with E-state index in [2.05, 4.69) is 20.9 Å². The molecule has 1 heterocycles. The fraction of sp³-hybridized carbons (Fsp3) is 0.107. The number of amides is 1. The number of halogens is 2. The zero-order chi connectivity index (χ0) is 26.4. The number of esters is 1. The Hall–Kier alpha value is -3.33. The van der Waals surface area contributed by atoms with Crippen molar-refractivity contribution in [2.24, 2.45) is 4.99 Å². The van der Waals surface area contributed by atoms with E-state index in [0.29, 0.717) is 22.8 Å². The van der Waals surface area contributed by atoms with Crippen molar-refractivity contribution in [3.05, 3.63) is 115 Å². The molecule has 1 N–H and O–H groups in total. The van der Waals surface area contributed by atoms with Crippen molar-refractivity contribution in [3.63, 3.8) is 0 Å². The average molecular weight is 599 g/mol. The van der Waals surface area contributed by atoms with Gasteiger partial charge in [0.1, 0.15) is 28.7 Å². The minimum atomic E-state index is -0.781. The van der Waals surface area contributed by atoms with Gasteiger partial charge in [0.2, 0.25) is 0 Å². The molecule has 0 saturated heterocycles. The maximum atomic E-state index is 12.9. The van der Waals surface area contributed by atoms with Crippen LogP contribution in [0, 0.1) is 0 Å². The molecule has 0 aromatic heterocycles. The molecule has 1 aliphatic rings. The van der Waals surface area contributed by atoms with Gasteiger partial charge in [-0.3, -0.25) is 4.79 Å². The standard InChI is InChI=1S/C28H21BrClNO5S/c1-2-35-28(34)24-25(32)23(37-27(24)31-26(33)20-10-6-7-11-21(20)30)15-18-14-19(29)12-13-22(18)36-16-17-8-4-3-5-9-17/h3-15,32H,2,16H2,1H3/b23-15-,31-27?. The molecule has 4 rings (SSSR count). The number of hydrogen-bond donors (Lipinski definition) is 1. The second-order valence-corrected chi connectivity index (χ2v) is 10.1. The Morgan fingerprint density at radius 3 is 2.54 bits per heavy atom. The van der Waals surface area contributed by atoms with Gasteiger partial charge in [0, 0.05) is 10.0 Å². The summed E-state index contributed by atoms with van der Waals surface area (Å²) < 4.78 is 12.0. The summed E-state index contributed by atoms with van der Waals surface area (Å²) in [7, 11) is 0. The van der Waals surface area contributed by atoms with Gasteiger partial charge in [0.15, 0.2) is 0 Å². The molecule has 0 bridgehead atoms. The molecule has 1 aliphatic heterocycles. The molecule has 0 saturated carbocycles. The van der Waals surface area contributed by atoms with Gasteiger partial charge in [-0.25, -0.2) is 9.79 Å². The third-order valence-corrected chi connectivity index (χ3v) is 7.02. The van der Waals surface area contributed by atoms with Crippen LogP contribution in [0.1, 0.15) is 28.4 Å².